The van der Waals surface area contributed by atoms with Crippen LogP contribution in [0, 0.1) is 11.8 Å². The molecule has 2 aliphatic carbocycles. The molecule has 0 aliphatic heterocycles. The molecular weight excluding hydrogens is 172 g/mol. The first-order valence-corrected chi connectivity index (χ1v) is 5.79. The van der Waals surface area contributed by atoms with Crippen molar-refractivity contribution < 1.29 is 8.42 Å². The molecule has 3 unspecified atom stereocenters. The molecular formula is C9H12O2S. The average molecular weight is 184 g/mol. The quantitative estimate of drug-likeness (QED) is 0.610. The van der Waals surface area contributed by atoms with Crippen LogP contribution in [0.4, 0.5) is 0 Å². The number of allylic oxidation sites excluding steroid dienone is 2. The molecule has 2 nitrogen and oxygen atoms in total. The van der Waals surface area contributed by atoms with Gasteiger partial charge in [0.05, 0.1) is 5.25 Å². The Morgan fingerprint density at radius 2 is 2.08 bits per heavy atom. The van der Waals surface area contributed by atoms with Gasteiger partial charge in [0.2, 0.25) is 0 Å². The number of sulfone groups is 1. The van der Waals surface area contributed by atoms with Crippen LogP contribution in [0.5, 0.6) is 0 Å². The fraction of sp³-hybridized carbons (Fsp3) is 0.556. The Kier molecular flexibility index (Phi) is 1.65. The maximum absolute atomic E-state index is 11.4. The molecule has 1 fully saturated rings. The van der Waals surface area contributed by atoms with Crippen LogP contribution in [0.15, 0.2) is 24.1 Å². The molecule has 2 bridgehead atoms. The third kappa shape index (κ3) is 1.04. The molecule has 0 saturated heterocycles. The molecule has 3 heteroatoms. The Morgan fingerprint density at radius 3 is 2.50 bits per heavy atom. The zero-order chi connectivity index (χ0) is 8.77. The Labute approximate surface area is 72.9 Å². The molecule has 0 aromatic rings. The second kappa shape index (κ2) is 2.46. The van der Waals surface area contributed by atoms with Crippen molar-refractivity contribution >= 4 is 9.84 Å². The zero-order valence-electron chi connectivity index (χ0n) is 6.81. The molecule has 12 heavy (non-hydrogen) atoms. The van der Waals surface area contributed by atoms with Crippen molar-refractivity contribution in [3.63, 3.8) is 0 Å². The molecule has 3 atom stereocenters. The van der Waals surface area contributed by atoms with E-state index in [9.17, 15) is 8.42 Å². The molecule has 66 valence electrons. The summed E-state index contributed by atoms with van der Waals surface area (Å²) in [7, 11) is -3.02. The van der Waals surface area contributed by atoms with E-state index in [2.05, 4.69) is 12.7 Å². The lowest BCUT2D eigenvalue weighted by Crippen LogP contribution is -2.23. The lowest BCUT2D eigenvalue weighted by molar-refractivity contribution is 0.570. The first-order valence-electron chi connectivity index (χ1n) is 4.18. The zero-order valence-corrected chi connectivity index (χ0v) is 7.63. The van der Waals surface area contributed by atoms with Crippen LogP contribution in [-0.2, 0) is 9.84 Å². The smallest absolute Gasteiger partial charge is 0.174 e. The lowest BCUT2D eigenvalue weighted by atomic mass is 10.1. The molecule has 0 spiro atoms. The van der Waals surface area contributed by atoms with Crippen molar-refractivity contribution in [3.8, 4) is 0 Å². The summed E-state index contributed by atoms with van der Waals surface area (Å²) in [5, 5.41) is 0.927. The van der Waals surface area contributed by atoms with Crippen molar-refractivity contribution in [1.82, 2.24) is 0 Å². The SMILES string of the molecule is C=CS(=O)(=O)C1CC2C=CC1C2. The molecule has 0 amide bonds. The van der Waals surface area contributed by atoms with E-state index >= 15 is 0 Å². The van der Waals surface area contributed by atoms with Crippen LogP contribution in [0.2, 0.25) is 0 Å². The normalized spacial score (nSPS) is 38.8. The van der Waals surface area contributed by atoms with Crippen LogP contribution >= 0.6 is 0 Å². The van der Waals surface area contributed by atoms with Crippen LogP contribution in [0.3, 0.4) is 0 Å². The average Bonchev–Trinajstić information content (AvgIpc) is 2.64. The Hall–Kier alpha value is -0.570. The summed E-state index contributed by atoms with van der Waals surface area (Å²) >= 11 is 0. The highest BCUT2D eigenvalue weighted by molar-refractivity contribution is 7.94. The highest BCUT2D eigenvalue weighted by Crippen LogP contribution is 2.42. The number of hydrogen-bond acceptors (Lipinski definition) is 2. The third-order valence-corrected chi connectivity index (χ3v) is 4.72. The van der Waals surface area contributed by atoms with Gasteiger partial charge in [0, 0.05) is 5.41 Å². The monoisotopic (exact) mass is 184 g/mol. The molecule has 2 rings (SSSR count). The summed E-state index contributed by atoms with van der Waals surface area (Å²) in [5.74, 6) is 0.771. The van der Waals surface area contributed by atoms with Gasteiger partial charge in [0.15, 0.2) is 9.84 Å². The van der Waals surface area contributed by atoms with E-state index in [0.29, 0.717) is 5.92 Å². The Bertz CT molecular complexity index is 326. The minimum Gasteiger partial charge on any atom is -0.224 e. The molecule has 0 aromatic heterocycles. The predicted octanol–water partition coefficient (Wildman–Crippen LogP) is 1.51. The summed E-state index contributed by atoms with van der Waals surface area (Å²) in [5.41, 5.74) is 0. The van der Waals surface area contributed by atoms with E-state index in [4.69, 9.17) is 0 Å². The van der Waals surface area contributed by atoms with Crippen LogP contribution in [0.25, 0.3) is 0 Å². The molecule has 1 saturated carbocycles. The number of fused-ring (bicyclic) bond motifs is 2. The lowest BCUT2D eigenvalue weighted by Gasteiger charge is -2.15. The highest BCUT2D eigenvalue weighted by Gasteiger charge is 2.41. The van der Waals surface area contributed by atoms with Crippen molar-refractivity contribution in [2.75, 3.05) is 0 Å². The van der Waals surface area contributed by atoms with Gasteiger partial charge >= 0.3 is 0 Å². The van der Waals surface area contributed by atoms with Gasteiger partial charge in [0.25, 0.3) is 0 Å². The first kappa shape index (κ1) is 8.05. The van der Waals surface area contributed by atoms with Gasteiger partial charge in [-0.1, -0.05) is 18.7 Å². The molecule has 0 heterocycles. The van der Waals surface area contributed by atoms with Crippen molar-refractivity contribution in [2.45, 2.75) is 18.1 Å². The van der Waals surface area contributed by atoms with Crippen molar-refractivity contribution in [3.05, 3.63) is 24.1 Å². The van der Waals surface area contributed by atoms with Gasteiger partial charge < -0.3 is 0 Å². The third-order valence-electron chi connectivity index (χ3n) is 2.87. The van der Waals surface area contributed by atoms with Gasteiger partial charge in [-0.25, -0.2) is 8.42 Å². The van der Waals surface area contributed by atoms with Crippen molar-refractivity contribution in [2.24, 2.45) is 11.8 Å². The van der Waals surface area contributed by atoms with Crippen LogP contribution in [-0.4, -0.2) is 13.7 Å². The minimum absolute atomic E-state index is 0.176. The largest absolute Gasteiger partial charge is 0.224 e. The van der Waals surface area contributed by atoms with Gasteiger partial charge in [-0.2, -0.15) is 0 Å². The molecule has 0 radical (unpaired) electrons. The maximum Gasteiger partial charge on any atom is 0.174 e. The van der Waals surface area contributed by atoms with E-state index in [1.165, 1.54) is 0 Å². The summed E-state index contributed by atoms with van der Waals surface area (Å²) in [6.45, 7) is 3.35. The summed E-state index contributed by atoms with van der Waals surface area (Å²) in [4.78, 5) is 0. The second-order valence-corrected chi connectivity index (χ2v) is 5.69. The van der Waals surface area contributed by atoms with Crippen molar-refractivity contribution in [1.29, 1.82) is 0 Å². The highest BCUT2D eigenvalue weighted by atomic mass is 32.2. The fourth-order valence-corrected chi connectivity index (χ4v) is 3.68. The van der Waals surface area contributed by atoms with Gasteiger partial charge in [-0.05, 0) is 24.7 Å². The molecule has 0 N–H and O–H groups in total. The van der Waals surface area contributed by atoms with E-state index in [0.717, 1.165) is 18.2 Å². The topological polar surface area (TPSA) is 34.1 Å². The van der Waals surface area contributed by atoms with Gasteiger partial charge in [-0.3, -0.25) is 0 Å². The predicted molar refractivity (Wildman–Crippen MR) is 48.3 cm³/mol. The molecule has 2 aliphatic rings. The standard InChI is InChI=1S/C9H12O2S/c1-2-12(10,11)9-6-7-3-4-8(9)5-7/h2-4,7-9H,1,5-6H2. The second-order valence-electron chi connectivity index (χ2n) is 3.57. The Balaban J connectivity index is 2.29. The molecule has 0 aromatic carbocycles. The fourth-order valence-electron chi connectivity index (χ4n) is 2.23. The summed E-state index contributed by atoms with van der Waals surface area (Å²) in [6, 6.07) is 0. The van der Waals surface area contributed by atoms with E-state index in [1.807, 2.05) is 6.08 Å². The van der Waals surface area contributed by atoms with E-state index < -0.39 is 9.84 Å². The van der Waals surface area contributed by atoms with Gasteiger partial charge in [-0.15, -0.1) is 0 Å². The maximum atomic E-state index is 11.4. The Morgan fingerprint density at radius 1 is 1.33 bits per heavy atom. The van der Waals surface area contributed by atoms with E-state index in [1.54, 1.807) is 0 Å². The van der Waals surface area contributed by atoms with E-state index in [-0.39, 0.29) is 11.2 Å². The number of hydrogen-bond donors (Lipinski definition) is 0. The minimum atomic E-state index is -3.02. The summed E-state index contributed by atoms with van der Waals surface area (Å²) < 4.78 is 22.9. The van der Waals surface area contributed by atoms with Gasteiger partial charge in [0.1, 0.15) is 0 Å². The van der Waals surface area contributed by atoms with Crippen LogP contribution < -0.4 is 0 Å². The number of rotatable bonds is 2. The summed E-state index contributed by atoms with van der Waals surface area (Å²) in [6.07, 6.45) is 6.01. The first-order chi connectivity index (χ1) is 5.63. The van der Waals surface area contributed by atoms with Crippen LogP contribution in [0.1, 0.15) is 12.8 Å².